The maximum atomic E-state index is 12.5. The number of ether oxygens (including phenoxy) is 3. The Bertz CT molecular complexity index is 1090. The van der Waals surface area contributed by atoms with E-state index in [0.29, 0.717) is 42.4 Å². The van der Waals surface area contributed by atoms with Crippen LogP contribution >= 0.6 is 0 Å². The molecular weight excluding hydrogens is 450 g/mol. The van der Waals surface area contributed by atoms with E-state index >= 15 is 0 Å². The molecule has 1 heterocycles. The van der Waals surface area contributed by atoms with Crippen LogP contribution in [-0.4, -0.2) is 46.1 Å². The van der Waals surface area contributed by atoms with E-state index in [-0.39, 0.29) is 24.0 Å². The van der Waals surface area contributed by atoms with E-state index in [1.165, 1.54) is 12.1 Å². The quantitative estimate of drug-likeness (QED) is 0.494. The highest BCUT2D eigenvalue weighted by Gasteiger charge is 2.19. The smallest absolute Gasteiger partial charge is 0.269 e. The standard InChI is InChI=1S/C22H27N3O7S/c1-15(2)32-17-6-4-16(5-7-17)22(27)25-24-21(26)10-11-23-33(28,29)18-8-9-19-20(14-18)31-13-3-12-30-19/h4-9,14-15,23H,3,10-13H2,1-2H3,(H,24,26)(H,25,27). The van der Waals surface area contributed by atoms with Gasteiger partial charge < -0.3 is 14.2 Å². The van der Waals surface area contributed by atoms with Gasteiger partial charge in [-0.2, -0.15) is 0 Å². The fraction of sp³-hybridized carbons (Fsp3) is 0.364. The lowest BCUT2D eigenvalue weighted by Gasteiger charge is -2.12. The van der Waals surface area contributed by atoms with Gasteiger partial charge in [-0.15, -0.1) is 0 Å². The van der Waals surface area contributed by atoms with Crippen LogP contribution in [0.5, 0.6) is 17.2 Å². The molecule has 33 heavy (non-hydrogen) atoms. The molecular formula is C22H27N3O7S. The van der Waals surface area contributed by atoms with Crippen molar-refractivity contribution in [3.05, 3.63) is 48.0 Å². The number of benzene rings is 2. The first-order valence-corrected chi connectivity index (χ1v) is 12.0. The Hall–Kier alpha value is -3.31. The number of rotatable bonds is 8. The van der Waals surface area contributed by atoms with Crippen LogP contribution in [0.15, 0.2) is 47.4 Å². The second kappa shape index (κ2) is 11.0. The molecule has 0 bridgehead atoms. The van der Waals surface area contributed by atoms with Crippen molar-refractivity contribution in [3.63, 3.8) is 0 Å². The Kier molecular flexibility index (Phi) is 8.12. The second-order valence-corrected chi connectivity index (χ2v) is 9.27. The molecule has 3 rings (SSSR count). The molecule has 178 valence electrons. The third kappa shape index (κ3) is 7.09. The van der Waals surface area contributed by atoms with Crippen molar-refractivity contribution >= 4 is 21.8 Å². The molecule has 0 aliphatic carbocycles. The molecule has 2 amide bonds. The fourth-order valence-electron chi connectivity index (χ4n) is 2.91. The van der Waals surface area contributed by atoms with Crippen LogP contribution in [0.3, 0.4) is 0 Å². The lowest BCUT2D eigenvalue weighted by atomic mass is 10.2. The molecule has 2 aromatic rings. The zero-order valence-corrected chi connectivity index (χ0v) is 19.2. The van der Waals surface area contributed by atoms with Crippen LogP contribution in [-0.2, 0) is 14.8 Å². The Balaban J connectivity index is 1.45. The van der Waals surface area contributed by atoms with Gasteiger partial charge in [-0.1, -0.05) is 0 Å². The summed E-state index contributed by atoms with van der Waals surface area (Å²) >= 11 is 0. The molecule has 0 spiro atoms. The van der Waals surface area contributed by atoms with E-state index in [0.717, 1.165) is 0 Å². The number of sulfonamides is 1. The molecule has 3 N–H and O–H groups in total. The summed E-state index contributed by atoms with van der Waals surface area (Å²) in [5.74, 6) is 0.423. The van der Waals surface area contributed by atoms with Crippen molar-refractivity contribution in [2.75, 3.05) is 19.8 Å². The van der Waals surface area contributed by atoms with Gasteiger partial charge in [0.05, 0.1) is 24.2 Å². The summed E-state index contributed by atoms with van der Waals surface area (Å²) in [6, 6.07) is 10.8. The van der Waals surface area contributed by atoms with Crippen LogP contribution in [0.4, 0.5) is 0 Å². The van der Waals surface area contributed by atoms with E-state index in [2.05, 4.69) is 15.6 Å². The normalized spacial score (nSPS) is 13.2. The number of nitrogens with one attached hydrogen (secondary N) is 3. The summed E-state index contributed by atoms with van der Waals surface area (Å²) in [5.41, 5.74) is 4.89. The van der Waals surface area contributed by atoms with Crippen molar-refractivity contribution < 1.29 is 32.2 Å². The molecule has 0 aromatic heterocycles. The number of hydrazine groups is 1. The first-order chi connectivity index (χ1) is 15.7. The van der Waals surface area contributed by atoms with Crippen LogP contribution < -0.4 is 29.8 Å². The van der Waals surface area contributed by atoms with Gasteiger partial charge >= 0.3 is 0 Å². The molecule has 11 heteroatoms. The average molecular weight is 478 g/mol. The monoisotopic (exact) mass is 477 g/mol. The number of amides is 2. The first kappa shape index (κ1) is 24.3. The molecule has 1 aliphatic rings. The SMILES string of the molecule is CC(C)Oc1ccc(C(=O)NNC(=O)CCNS(=O)(=O)c2ccc3c(c2)OCCCO3)cc1. The Morgan fingerprint density at radius 2 is 1.70 bits per heavy atom. The van der Waals surface area contributed by atoms with Crippen LogP contribution in [0.25, 0.3) is 0 Å². The molecule has 0 atom stereocenters. The topological polar surface area (TPSA) is 132 Å². The molecule has 0 radical (unpaired) electrons. The van der Waals surface area contributed by atoms with Crippen LogP contribution in [0.2, 0.25) is 0 Å². The summed E-state index contributed by atoms with van der Waals surface area (Å²) in [7, 11) is -3.85. The zero-order valence-electron chi connectivity index (χ0n) is 18.4. The third-order valence-corrected chi connectivity index (χ3v) is 5.94. The van der Waals surface area contributed by atoms with Crippen molar-refractivity contribution in [2.24, 2.45) is 0 Å². The van der Waals surface area contributed by atoms with Gasteiger partial charge in [-0.3, -0.25) is 20.4 Å². The second-order valence-electron chi connectivity index (χ2n) is 7.50. The Morgan fingerprint density at radius 1 is 1.00 bits per heavy atom. The molecule has 1 aliphatic heterocycles. The van der Waals surface area contributed by atoms with Crippen LogP contribution in [0, 0.1) is 0 Å². The Labute approximate surface area is 192 Å². The third-order valence-electron chi connectivity index (χ3n) is 4.48. The summed E-state index contributed by atoms with van der Waals surface area (Å²) < 4.78 is 43.9. The molecule has 0 saturated carbocycles. The van der Waals surface area contributed by atoms with Gasteiger partial charge in [0.2, 0.25) is 15.9 Å². The summed E-state index contributed by atoms with van der Waals surface area (Å²) in [5, 5.41) is 0. The highest BCUT2D eigenvalue weighted by molar-refractivity contribution is 7.89. The van der Waals surface area contributed by atoms with Gasteiger partial charge in [-0.25, -0.2) is 13.1 Å². The average Bonchev–Trinajstić information content (AvgIpc) is 3.02. The van der Waals surface area contributed by atoms with E-state index in [4.69, 9.17) is 14.2 Å². The molecule has 0 saturated heterocycles. The molecule has 0 fully saturated rings. The fourth-order valence-corrected chi connectivity index (χ4v) is 3.96. The Morgan fingerprint density at radius 3 is 2.39 bits per heavy atom. The predicted octanol–water partition coefficient (Wildman–Crippen LogP) is 1.76. The number of hydrogen-bond donors (Lipinski definition) is 3. The van der Waals surface area contributed by atoms with E-state index < -0.39 is 21.8 Å². The minimum Gasteiger partial charge on any atom is -0.491 e. The van der Waals surface area contributed by atoms with Gasteiger partial charge in [-0.05, 0) is 50.2 Å². The zero-order chi connectivity index (χ0) is 23.8. The van der Waals surface area contributed by atoms with Crippen LogP contribution in [0.1, 0.15) is 37.0 Å². The lowest BCUT2D eigenvalue weighted by molar-refractivity contribution is -0.121. The maximum absolute atomic E-state index is 12.5. The van der Waals surface area contributed by atoms with E-state index in [1.54, 1.807) is 30.3 Å². The van der Waals surface area contributed by atoms with Crippen molar-refractivity contribution in [1.82, 2.24) is 15.6 Å². The maximum Gasteiger partial charge on any atom is 0.269 e. The number of carbonyl (C=O) groups excluding carboxylic acids is 2. The minimum absolute atomic E-state index is 0.00496. The summed E-state index contributed by atoms with van der Waals surface area (Å²) in [4.78, 5) is 24.1. The van der Waals surface area contributed by atoms with Crippen molar-refractivity contribution in [2.45, 2.75) is 37.7 Å². The number of hydrogen-bond acceptors (Lipinski definition) is 7. The molecule has 10 nitrogen and oxygen atoms in total. The summed E-state index contributed by atoms with van der Waals surface area (Å²) in [6.07, 6.45) is 0.546. The van der Waals surface area contributed by atoms with Crippen molar-refractivity contribution in [1.29, 1.82) is 0 Å². The van der Waals surface area contributed by atoms with Gasteiger partial charge in [0.15, 0.2) is 11.5 Å². The number of fused-ring (bicyclic) bond motifs is 1. The molecule has 0 unspecified atom stereocenters. The van der Waals surface area contributed by atoms with Gasteiger partial charge in [0.1, 0.15) is 5.75 Å². The van der Waals surface area contributed by atoms with E-state index in [1.807, 2.05) is 13.8 Å². The predicted molar refractivity (Wildman–Crippen MR) is 120 cm³/mol. The minimum atomic E-state index is -3.85. The highest BCUT2D eigenvalue weighted by atomic mass is 32.2. The lowest BCUT2D eigenvalue weighted by Crippen LogP contribution is -2.42. The van der Waals surface area contributed by atoms with Gasteiger partial charge in [0.25, 0.3) is 5.91 Å². The first-order valence-electron chi connectivity index (χ1n) is 10.5. The largest absolute Gasteiger partial charge is 0.491 e. The van der Waals surface area contributed by atoms with E-state index in [9.17, 15) is 18.0 Å². The highest BCUT2D eigenvalue weighted by Crippen LogP contribution is 2.31. The van der Waals surface area contributed by atoms with Gasteiger partial charge in [0, 0.05) is 31.0 Å². The summed E-state index contributed by atoms with van der Waals surface area (Å²) in [6.45, 7) is 4.58. The molecule has 2 aromatic carbocycles. The number of carbonyl (C=O) groups is 2. The van der Waals surface area contributed by atoms with Crippen molar-refractivity contribution in [3.8, 4) is 17.2 Å².